The monoisotopic (exact) mass is 427 g/mol. The van der Waals surface area contributed by atoms with Crippen LogP contribution in [0.5, 0.6) is 0 Å². The third-order valence-corrected chi connectivity index (χ3v) is 5.24. The van der Waals surface area contributed by atoms with Crippen LogP contribution in [0.2, 0.25) is 0 Å². The SMILES string of the molecule is N#Cc1ccc(-c2cc(S(=O)(=O)Nc3cc(F)c(C(F)(F)F)cc3F)c[nH]2)cc1. The van der Waals surface area contributed by atoms with E-state index in [1.165, 1.54) is 18.2 Å². The van der Waals surface area contributed by atoms with E-state index in [1.54, 1.807) is 16.9 Å². The van der Waals surface area contributed by atoms with Gasteiger partial charge in [-0.05, 0) is 29.8 Å². The van der Waals surface area contributed by atoms with Crippen LogP contribution in [0, 0.1) is 23.0 Å². The average molecular weight is 427 g/mol. The number of hydrogen-bond acceptors (Lipinski definition) is 3. The van der Waals surface area contributed by atoms with Gasteiger partial charge < -0.3 is 4.98 Å². The van der Waals surface area contributed by atoms with Crippen molar-refractivity contribution in [3.05, 3.63) is 71.4 Å². The Morgan fingerprint density at radius 1 is 1.00 bits per heavy atom. The minimum atomic E-state index is -5.13. The first kappa shape index (κ1) is 20.3. The van der Waals surface area contributed by atoms with Gasteiger partial charge in [0, 0.05) is 18.0 Å². The zero-order valence-corrected chi connectivity index (χ0v) is 15.0. The third kappa shape index (κ3) is 4.22. The molecule has 0 aliphatic heterocycles. The minimum Gasteiger partial charge on any atom is -0.360 e. The minimum absolute atomic E-state index is 0.119. The lowest BCUT2D eigenvalue weighted by Gasteiger charge is -2.12. The van der Waals surface area contributed by atoms with Crippen LogP contribution >= 0.6 is 0 Å². The number of alkyl halides is 3. The normalized spacial score (nSPS) is 11.9. The van der Waals surface area contributed by atoms with Gasteiger partial charge in [-0.2, -0.15) is 18.4 Å². The van der Waals surface area contributed by atoms with Gasteiger partial charge in [0.05, 0.1) is 22.9 Å². The molecule has 0 aliphatic carbocycles. The summed E-state index contributed by atoms with van der Waals surface area (Å²) in [4.78, 5) is 2.34. The Balaban J connectivity index is 1.90. The third-order valence-electron chi connectivity index (χ3n) is 3.90. The quantitative estimate of drug-likeness (QED) is 0.595. The molecular weight excluding hydrogens is 417 g/mol. The molecule has 3 rings (SSSR count). The van der Waals surface area contributed by atoms with Crippen molar-refractivity contribution in [1.29, 1.82) is 5.26 Å². The molecule has 29 heavy (non-hydrogen) atoms. The van der Waals surface area contributed by atoms with Gasteiger partial charge in [-0.25, -0.2) is 17.2 Å². The van der Waals surface area contributed by atoms with E-state index in [0.717, 1.165) is 6.20 Å². The smallest absolute Gasteiger partial charge is 0.360 e. The van der Waals surface area contributed by atoms with E-state index < -0.39 is 39.1 Å². The molecule has 0 spiro atoms. The standard InChI is InChI=1S/C18H10F5N3O2S/c19-14-7-17(15(20)6-13(14)18(21,22)23)26-29(27,28)12-5-16(25-9-12)11-3-1-10(8-24)2-4-11/h1-7,9,25-26H. The molecule has 0 fully saturated rings. The van der Waals surface area contributed by atoms with Crippen LogP contribution in [0.25, 0.3) is 11.3 Å². The molecular formula is C18H10F5N3O2S. The number of benzene rings is 2. The van der Waals surface area contributed by atoms with Crippen LogP contribution in [-0.2, 0) is 16.2 Å². The highest BCUT2D eigenvalue weighted by Gasteiger charge is 2.35. The summed E-state index contributed by atoms with van der Waals surface area (Å²) in [7, 11) is -4.42. The van der Waals surface area contributed by atoms with Gasteiger partial charge in [0.15, 0.2) is 0 Å². The Hall–Kier alpha value is -3.39. The number of nitrogens with one attached hydrogen (secondary N) is 2. The largest absolute Gasteiger partial charge is 0.419 e. The van der Waals surface area contributed by atoms with E-state index in [9.17, 15) is 30.4 Å². The maximum Gasteiger partial charge on any atom is 0.419 e. The summed E-state index contributed by atoms with van der Waals surface area (Å²) in [6.45, 7) is 0. The molecule has 0 unspecified atom stereocenters. The van der Waals surface area contributed by atoms with Crippen LogP contribution < -0.4 is 4.72 Å². The molecule has 150 valence electrons. The highest BCUT2D eigenvalue weighted by Crippen LogP contribution is 2.34. The maximum absolute atomic E-state index is 13.9. The molecule has 0 radical (unpaired) electrons. The topological polar surface area (TPSA) is 85.8 Å². The summed E-state index contributed by atoms with van der Waals surface area (Å²) < 4.78 is 91.9. The Labute approximate surface area is 161 Å². The maximum atomic E-state index is 13.9. The van der Waals surface area contributed by atoms with Gasteiger partial charge in [0.2, 0.25) is 0 Å². The van der Waals surface area contributed by atoms with E-state index in [2.05, 4.69) is 4.98 Å². The van der Waals surface area contributed by atoms with Crippen molar-refractivity contribution >= 4 is 15.7 Å². The summed E-state index contributed by atoms with van der Waals surface area (Å²) in [6.07, 6.45) is -4.05. The summed E-state index contributed by atoms with van der Waals surface area (Å²) in [6, 6.07) is 9.31. The second-order valence-electron chi connectivity index (χ2n) is 5.85. The number of anilines is 1. The summed E-state index contributed by atoms with van der Waals surface area (Å²) >= 11 is 0. The van der Waals surface area contributed by atoms with Crippen molar-refractivity contribution in [1.82, 2.24) is 4.98 Å². The fraction of sp³-hybridized carbons (Fsp3) is 0.0556. The molecule has 0 saturated heterocycles. The summed E-state index contributed by atoms with van der Waals surface area (Å²) in [5.41, 5.74) is -1.50. The van der Waals surface area contributed by atoms with Crippen molar-refractivity contribution in [2.24, 2.45) is 0 Å². The molecule has 2 N–H and O–H groups in total. The number of aromatic amines is 1. The Bertz CT molecular complexity index is 1210. The van der Waals surface area contributed by atoms with Crippen molar-refractivity contribution in [2.75, 3.05) is 4.72 Å². The van der Waals surface area contributed by atoms with Crippen LogP contribution in [0.15, 0.2) is 53.6 Å². The van der Waals surface area contributed by atoms with Crippen molar-refractivity contribution in [3.63, 3.8) is 0 Å². The fourth-order valence-corrected chi connectivity index (χ4v) is 3.52. The Morgan fingerprint density at radius 3 is 2.24 bits per heavy atom. The molecule has 2 aromatic carbocycles. The number of nitriles is 1. The fourth-order valence-electron chi connectivity index (χ4n) is 2.47. The highest BCUT2D eigenvalue weighted by atomic mass is 32.2. The van der Waals surface area contributed by atoms with Crippen LogP contribution in [-0.4, -0.2) is 13.4 Å². The van der Waals surface area contributed by atoms with Crippen LogP contribution in [0.4, 0.5) is 27.6 Å². The lowest BCUT2D eigenvalue weighted by molar-refractivity contribution is -0.140. The predicted octanol–water partition coefficient (Wildman–Crippen LogP) is 4.65. The number of H-pyrrole nitrogens is 1. The van der Waals surface area contributed by atoms with Crippen molar-refractivity contribution in [3.8, 4) is 17.3 Å². The highest BCUT2D eigenvalue weighted by molar-refractivity contribution is 7.92. The Morgan fingerprint density at radius 2 is 1.66 bits per heavy atom. The first-order chi connectivity index (χ1) is 13.5. The second-order valence-corrected chi connectivity index (χ2v) is 7.54. The zero-order valence-electron chi connectivity index (χ0n) is 14.2. The number of rotatable bonds is 4. The van der Waals surface area contributed by atoms with Gasteiger partial charge in [-0.3, -0.25) is 4.72 Å². The van der Waals surface area contributed by atoms with Gasteiger partial charge in [0.1, 0.15) is 16.5 Å². The van der Waals surface area contributed by atoms with Crippen LogP contribution in [0.3, 0.4) is 0 Å². The van der Waals surface area contributed by atoms with Gasteiger partial charge in [-0.15, -0.1) is 0 Å². The number of nitrogens with zero attached hydrogens (tertiary/aromatic N) is 1. The zero-order chi connectivity index (χ0) is 21.4. The van der Waals surface area contributed by atoms with E-state index >= 15 is 0 Å². The van der Waals surface area contributed by atoms with E-state index in [-0.39, 0.29) is 17.0 Å². The molecule has 0 atom stereocenters. The molecule has 1 aromatic heterocycles. The summed E-state index contributed by atoms with van der Waals surface area (Å²) in [5, 5.41) is 8.79. The molecule has 0 amide bonds. The predicted molar refractivity (Wildman–Crippen MR) is 93.1 cm³/mol. The number of halogens is 5. The van der Waals surface area contributed by atoms with Gasteiger partial charge >= 0.3 is 6.18 Å². The van der Waals surface area contributed by atoms with E-state index in [1.807, 2.05) is 6.07 Å². The second kappa shape index (κ2) is 7.21. The Kier molecular flexibility index (Phi) is 5.06. The molecule has 11 heteroatoms. The van der Waals surface area contributed by atoms with E-state index in [4.69, 9.17) is 5.26 Å². The molecule has 1 heterocycles. The number of hydrogen-bond donors (Lipinski definition) is 2. The molecule has 0 aliphatic rings. The van der Waals surface area contributed by atoms with Crippen molar-refractivity contribution < 1.29 is 30.4 Å². The lowest BCUT2D eigenvalue weighted by atomic mass is 10.1. The average Bonchev–Trinajstić information content (AvgIpc) is 3.14. The number of aromatic nitrogens is 1. The summed E-state index contributed by atoms with van der Waals surface area (Å²) in [5.74, 6) is -3.39. The molecule has 0 bridgehead atoms. The first-order valence-corrected chi connectivity index (χ1v) is 9.27. The van der Waals surface area contributed by atoms with Crippen molar-refractivity contribution in [2.45, 2.75) is 11.1 Å². The molecule has 5 nitrogen and oxygen atoms in total. The molecule has 3 aromatic rings. The first-order valence-electron chi connectivity index (χ1n) is 7.79. The van der Waals surface area contributed by atoms with Gasteiger partial charge in [-0.1, -0.05) is 12.1 Å². The van der Waals surface area contributed by atoms with Gasteiger partial charge in [0.25, 0.3) is 10.0 Å². The lowest BCUT2D eigenvalue weighted by Crippen LogP contribution is -2.15. The van der Waals surface area contributed by atoms with E-state index in [0.29, 0.717) is 16.8 Å². The molecule has 0 saturated carbocycles. The number of sulfonamides is 1. The van der Waals surface area contributed by atoms with Crippen LogP contribution in [0.1, 0.15) is 11.1 Å².